The summed E-state index contributed by atoms with van der Waals surface area (Å²) in [5.74, 6) is 0.974. The summed E-state index contributed by atoms with van der Waals surface area (Å²) < 4.78 is 5.80. The van der Waals surface area contributed by atoms with Gasteiger partial charge >= 0.3 is 0 Å². The van der Waals surface area contributed by atoms with Crippen LogP contribution < -0.4 is 10.5 Å². The monoisotopic (exact) mass is 328 g/mol. The van der Waals surface area contributed by atoms with E-state index in [-0.39, 0.29) is 18.0 Å². The Hall–Kier alpha value is -2.26. The van der Waals surface area contributed by atoms with Crippen LogP contribution in [-0.2, 0) is 6.61 Å². The van der Waals surface area contributed by atoms with Crippen LogP contribution in [0.1, 0.15) is 37.1 Å². The van der Waals surface area contributed by atoms with Gasteiger partial charge in [0.15, 0.2) is 5.16 Å². The Morgan fingerprint density at radius 3 is 2.74 bits per heavy atom. The largest absolute Gasteiger partial charge is 0.487 e. The second kappa shape index (κ2) is 7.84. The zero-order valence-electron chi connectivity index (χ0n) is 13.5. The molecule has 0 bridgehead atoms. The number of para-hydroxylation sites is 1. The molecule has 1 heterocycles. The maximum Gasteiger partial charge on any atom is 0.190 e. The molecular weight excluding hydrogens is 308 g/mol. The average Bonchev–Trinajstić information content (AvgIpc) is 2.53. The molecule has 1 atom stereocenters. The summed E-state index contributed by atoms with van der Waals surface area (Å²) in [6, 6.07) is 9.79. The standard InChI is InChI=1S/C17H20N4OS/c1-4-12(3)23-17-20-14(13(9-18)16(19)21-17)10-22-15-8-6-5-7-11(15)2/h5-8,12H,4,10H2,1-3H3,(H2,19,20,21)/t12-/m0/s1. The van der Waals surface area contributed by atoms with Crippen molar-refractivity contribution in [1.29, 1.82) is 5.26 Å². The minimum atomic E-state index is 0.189. The third kappa shape index (κ3) is 4.36. The van der Waals surface area contributed by atoms with Crippen molar-refractivity contribution in [3.63, 3.8) is 0 Å². The van der Waals surface area contributed by atoms with Gasteiger partial charge in [-0.15, -0.1) is 0 Å². The lowest BCUT2D eigenvalue weighted by Gasteiger charge is -2.12. The second-order valence-electron chi connectivity index (χ2n) is 5.22. The van der Waals surface area contributed by atoms with Crippen LogP contribution in [0.5, 0.6) is 5.75 Å². The molecule has 1 aromatic carbocycles. The number of nitrogens with two attached hydrogens (primary N) is 1. The van der Waals surface area contributed by atoms with E-state index in [4.69, 9.17) is 10.5 Å². The predicted octanol–water partition coefficient (Wildman–Crippen LogP) is 3.71. The number of hydrogen-bond acceptors (Lipinski definition) is 6. The molecule has 23 heavy (non-hydrogen) atoms. The highest BCUT2D eigenvalue weighted by atomic mass is 32.2. The summed E-state index contributed by atoms with van der Waals surface area (Å²) in [4.78, 5) is 8.68. The molecule has 0 aliphatic rings. The van der Waals surface area contributed by atoms with Gasteiger partial charge in [0.05, 0.1) is 0 Å². The van der Waals surface area contributed by atoms with Gasteiger partial charge < -0.3 is 10.5 Å². The predicted molar refractivity (Wildman–Crippen MR) is 92.3 cm³/mol. The summed E-state index contributed by atoms with van der Waals surface area (Å²) in [5, 5.41) is 10.3. The molecule has 1 aromatic heterocycles. The van der Waals surface area contributed by atoms with E-state index in [1.807, 2.05) is 31.2 Å². The van der Waals surface area contributed by atoms with Gasteiger partial charge in [-0.3, -0.25) is 0 Å². The van der Waals surface area contributed by atoms with E-state index in [1.165, 1.54) is 0 Å². The Bertz CT molecular complexity index is 727. The second-order valence-corrected chi connectivity index (χ2v) is 6.62. The number of rotatable bonds is 6. The van der Waals surface area contributed by atoms with Crippen LogP contribution in [0.25, 0.3) is 0 Å². The van der Waals surface area contributed by atoms with Gasteiger partial charge in [0, 0.05) is 5.25 Å². The van der Waals surface area contributed by atoms with Gasteiger partial charge in [0.2, 0.25) is 0 Å². The molecule has 0 saturated heterocycles. The van der Waals surface area contributed by atoms with Gasteiger partial charge in [-0.2, -0.15) is 5.26 Å². The number of thioether (sulfide) groups is 1. The summed E-state index contributed by atoms with van der Waals surface area (Å²) in [6.45, 7) is 6.37. The van der Waals surface area contributed by atoms with Gasteiger partial charge in [-0.25, -0.2) is 9.97 Å². The number of nitriles is 1. The SMILES string of the molecule is CC[C@H](C)Sc1nc(N)c(C#N)c(COc2ccccc2C)n1. The lowest BCUT2D eigenvalue weighted by molar-refractivity contribution is 0.297. The summed E-state index contributed by atoms with van der Waals surface area (Å²) in [5.41, 5.74) is 7.74. The fourth-order valence-corrected chi connectivity index (χ4v) is 2.75. The quantitative estimate of drug-likeness (QED) is 0.643. The minimum Gasteiger partial charge on any atom is -0.487 e. The molecule has 0 fully saturated rings. The Kier molecular flexibility index (Phi) is 5.83. The summed E-state index contributed by atoms with van der Waals surface area (Å²) in [6.07, 6.45) is 1.00. The number of benzene rings is 1. The molecule has 6 heteroatoms. The van der Waals surface area contributed by atoms with Crippen molar-refractivity contribution in [2.24, 2.45) is 0 Å². The molecule has 0 unspecified atom stereocenters. The molecular formula is C17H20N4OS. The molecule has 2 rings (SSSR count). The molecule has 0 aliphatic heterocycles. The number of anilines is 1. The van der Waals surface area contributed by atoms with Crippen molar-refractivity contribution in [1.82, 2.24) is 9.97 Å². The molecule has 0 spiro atoms. The molecule has 0 aliphatic carbocycles. The summed E-state index contributed by atoms with van der Waals surface area (Å²) >= 11 is 1.55. The van der Waals surface area contributed by atoms with Crippen molar-refractivity contribution < 1.29 is 4.74 Å². The first-order valence-corrected chi connectivity index (χ1v) is 8.34. The molecule has 2 aromatic rings. The van der Waals surface area contributed by atoms with Gasteiger partial charge in [0.1, 0.15) is 35.5 Å². The Morgan fingerprint density at radius 2 is 2.09 bits per heavy atom. The van der Waals surface area contributed by atoms with Gasteiger partial charge in [-0.05, 0) is 25.0 Å². The lowest BCUT2D eigenvalue weighted by Crippen LogP contribution is -2.09. The first-order valence-electron chi connectivity index (χ1n) is 7.46. The fraction of sp³-hybridized carbons (Fsp3) is 0.353. The van der Waals surface area contributed by atoms with Crippen molar-refractivity contribution in [3.8, 4) is 11.8 Å². The Balaban J connectivity index is 2.25. The molecule has 120 valence electrons. The smallest absolute Gasteiger partial charge is 0.190 e. The van der Waals surface area contributed by atoms with Crippen LogP contribution in [0, 0.1) is 18.3 Å². The van der Waals surface area contributed by atoms with E-state index in [0.29, 0.717) is 16.1 Å². The third-order valence-corrected chi connectivity index (χ3v) is 4.57. The van der Waals surface area contributed by atoms with Crippen molar-refractivity contribution in [2.45, 2.75) is 44.2 Å². The van der Waals surface area contributed by atoms with E-state index in [2.05, 4.69) is 29.9 Å². The fourth-order valence-electron chi connectivity index (χ4n) is 1.91. The van der Waals surface area contributed by atoms with Crippen LogP contribution in [0.2, 0.25) is 0 Å². The number of ether oxygens (including phenoxy) is 1. The maximum absolute atomic E-state index is 9.30. The Labute approximate surface area is 140 Å². The first kappa shape index (κ1) is 17.1. The highest BCUT2D eigenvalue weighted by Gasteiger charge is 2.15. The zero-order valence-corrected chi connectivity index (χ0v) is 14.4. The van der Waals surface area contributed by atoms with Crippen molar-refractivity contribution in [2.75, 3.05) is 5.73 Å². The Morgan fingerprint density at radius 1 is 1.35 bits per heavy atom. The van der Waals surface area contributed by atoms with Gasteiger partial charge in [0.25, 0.3) is 0 Å². The van der Waals surface area contributed by atoms with Crippen LogP contribution in [-0.4, -0.2) is 15.2 Å². The third-order valence-electron chi connectivity index (χ3n) is 3.44. The molecule has 0 radical (unpaired) electrons. The molecule has 2 N–H and O–H groups in total. The number of aromatic nitrogens is 2. The van der Waals surface area contributed by atoms with Crippen LogP contribution >= 0.6 is 11.8 Å². The van der Waals surface area contributed by atoms with Crippen LogP contribution in [0.3, 0.4) is 0 Å². The van der Waals surface area contributed by atoms with E-state index < -0.39 is 0 Å². The van der Waals surface area contributed by atoms with Crippen molar-refractivity contribution in [3.05, 3.63) is 41.1 Å². The number of nitrogens with zero attached hydrogens (tertiary/aromatic N) is 3. The van der Waals surface area contributed by atoms with Crippen LogP contribution in [0.4, 0.5) is 5.82 Å². The normalized spacial score (nSPS) is 11.7. The zero-order chi connectivity index (χ0) is 16.8. The average molecular weight is 328 g/mol. The van der Waals surface area contributed by atoms with Crippen LogP contribution in [0.15, 0.2) is 29.4 Å². The number of nitrogen functional groups attached to an aromatic ring is 1. The molecule has 0 amide bonds. The van der Waals surface area contributed by atoms with E-state index in [9.17, 15) is 5.26 Å². The number of hydrogen-bond donors (Lipinski definition) is 1. The van der Waals surface area contributed by atoms with E-state index in [0.717, 1.165) is 17.7 Å². The topological polar surface area (TPSA) is 84.8 Å². The first-order chi connectivity index (χ1) is 11.0. The number of aryl methyl sites for hydroxylation is 1. The molecule has 5 nitrogen and oxygen atoms in total. The molecule has 0 saturated carbocycles. The lowest BCUT2D eigenvalue weighted by atomic mass is 10.2. The van der Waals surface area contributed by atoms with E-state index in [1.54, 1.807) is 11.8 Å². The van der Waals surface area contributed by atoms with Gasteiger partial charge in [-0.1, -0.05) is 43.8 Å². The van der Waals surface area contributed by atoms with Crippen molar-refractivity contribution >= 4 is 17.6 Å². The highest BCUT2D eigenvalue weighted by Crippen LogP contribution is 2.25. The summed E-state index contributed by atoms with van der Waals surface area (Å²) in [7, 11) is 0. The minimum absolute atomic E-state index is 0.189. The maximum atomic E-state index is 9.30. The highest BCUT2D eigenvalue weighted by molar-refractivity contribution is 7.99. The van der Waals surface area contributed by atoms with E-state index >= 15 is 0 Å².